The van der Waals surface area contributed by atoms with Crippen LogP contribution in [0.3, 0.4) is 0 Å². The Morgan fingerprint density at radius 3 is 2.69 bits per heavy atom. The molecule has 12 heteroatoms. The SMILES string of the molecule is COc1ccc2ncc(Cl)c(C(F)CCC3(C(=O)NO)CCN(CCSc4cc(F)cc(F)c4F)CC3)c2c1. The Balaban J connectivity index is 1.40. The van der Waals surface area contributed by atoms with Crippen LogP contribution in [0.1, 0.15) is 37.4 Å². The predicted octanol–water partition coefficient (Wildman–Crippen LogP) is 6.48. The summed E-state index contributed by atoms with van der Waals surface area (Å²) in [6.45, 7) is 1.44. The maximum Gasteiger partial charge on any atom is 0.249 e. The summed E-state index contributed by atoms with van der Waals surface area (Å²) >= 11 is 7.35. The van der Waals surface area contributed by atoms with E-state index in [1.807, 2.05) is 4.90 Å². The Hall–Kier alpha value is -2.60. The van der Waals surface area contributed by atoms with Crippen LogP contribution < -0.4 is 10.2 Å². The van der Waals surface area contributed by atoms with Crippen LogP contribution in [0.4, 0.5) is 17.6 Å². The molecule has 2 aromatic carbocycles. The summed E-state index contributed by atoms with van der Waals surface area (Å²) in [5.74, 6) is -2.83. The number of carbonyl (C=O) groups excluding carboxylic acids is 1. The zero-order valence-corrected chi connectivity index (χ0v) is 22.7. The molecule has 1 aliphatic rings. The molecule has 3 aromatic rings. The lowest BCUT2D eigenvalue weighted by atomic mass is 9.73. The van der Waals surface area contributed by atoms with Gasteiger partial charge in [0, 0.05) is 40.4 Å². The smallest absolute Gasteiger partial charge is 0.249 e. The van der Waals surface area contributed by atoms with Gasteiger partial charge in [-0.1, -0.05) is 11.6 Å². The van der Waals surface area contributed by atoms with Crippen molar-refractivity contribution in [2.45, 2.75) is 36.8 Å². The molecule has 2 heterocycles. The maximum atomic E-state index is 15.7. The maximum absolute atomic E-state index is 15.7. The number of thioether (sulfide) groups is 1. The number of nitrogens with zero attached hydrogens (tertiary/aromatic N) is 2. The molecule has 1 amide bonds. The van der Waals surface area contributed by atoms with E-state index in [4.69, 9.17) is 16.3 Å². The number of fused-ring (bicyclic) bond motifs is 1. The molecule has 0 bridgehead atoms. The Morgan fingerprint density at radius 2 is 2.00 bits per heavy atom. The minimum absolute atomic E-state index is 0.0102. The van der Waals surface area contributed by atoms with Gasteiger partial charge in [0.2, 0.25) is 5.91 Å². The van der Waals surface area contributed by atoms with Gasteiger partial charge >= 0.3 is 0 Å². The van der Waals surface area contributed by atoms with Gasteiger partial charge in [-0.15, -0.1) is 11.8 Å². The summed E-state index contributed by atoms with van der Waals surface area (Å²) in [5, 5.41) is 10.1. The first-order chi connectivity index (χ1) is 18.7. The Morgan fingerprint density at radius 1 is 1.26 bits per heavy atom. The van der Waals surface area contributed by atoms with Crippen LogP contribution >= 0.6 is 23.4 Å². The van der Waals surface area contributed by atoms with Crippen molar-refractivity contribution >= 4 is 40.2 Å². The van der Waals surface area contributed by atoms with Crippen molar-refractivity contribution in [3.63, 3.8) is 0 Å². The number of likely N-dealkylation sites (tertiary alicyclic amines) is 1. The van der Waals surface area contributed by atoms with Gasteiger partial charge < -0.3 is 9.64 Å². The fourth-order valence-corrected chi connectivity index (χ4v) is 6.26. The van der Waals surface area contributed by atoms with E-state index in [-0.39, 0.29) is 28.3 Å². The van der Waals surface area contributed by atoms with Crippen molar-refractivity contribution in [1.29, 1.82) is 0 Å². The number of rotatable bonds is 10. The van der Waals surface area contributed by atoms with E-state index >= 15 is 4.39 Å². The lowest BCUT2D eigenvalue weighted by Gasteiger charge is -2.40. The second kappa shape index (κ2) is 12.7. The fraction of sp³-hybridized carbons (Fsp3) is 0.407. The topological polar surface area (TPSA) is 74.7 Å². The minimum atomic E-state index is -1.49. The van der Waals surface area contributed by atoms with Crippen molar-refractivity contribution in [3.05, 3.63) is 64.6 Å². The summed E-state index contributed by atoms with van der Waals surface area (Å²) < 4.78 is 61.7. The minimum Gasteiger partial charge on any atom is -0.497 e. The lowest BCUT2D eigenvalue weighted by molar-refractivity contribution is -0.143. The van der Waals surface area contributed by atoms with E-state index in [2.05, 4.69) is 4.98 Å². The summed E-state index contributed by atoms with van der Waals surface area (Å²) in [6.07, 6.45) is 0.783. The average molecular weight is 586 g/mol. The molecule has 1 aromatic heterocycles. The molecule has 210 valence electrons. The number of methoxy groups -OCH3 is 1. The molecule has 39 heavy (non-hydrogen) atoms. The van der Waals surface area contributed by atoms with Gasteiger partial charge in [-0.25, -0.2) is 23.0 Å². The highest BCUT2D eigenvalue weighted by atomic mass is 35.5. The molecule has 4 rings (SSSR count). The van der Waals surface area contributed by atoms with Crippen LogP contribution in [-0.2, 0) is 4.79 Å². The molecule has 1 saturated heterocycles. The van der Waals surface area contributed by atoms with Crippen LogP contribution in [0.15, 0.2) is 41.4 Å². The number of ether oxygens (including phenoxy) is 1. The zero-order chi connectivity index (χ0) is 28.2. The van der Waals surface area contributed by atoms with Crippen molar-refractivity contribution in [2.24, 2.45) is 5.41 Å². The average Bonchev–Trinajstić information content (AvgIpc) is 2.94. The first-order valence-corrected chi connectivity index (χ1v) is 13.7. The molecule has 1 atom stereocenters. The first-order valence-electron chi connectivity index (χ1n) is 12.4. The molecule has 0 aliphatic carbocycles. The van der Waals surface area contributed by atoms with Gasteiger partial charge in [-0.2, -0.15) is 0 Å². The number of pyridine rings is 1. The van der Waals surface area contributed by atoms with Gasteiger partial charge in [-0.3, -0.25) is 15.0 Å². The normalized spacial score (nSPS) is 16.3. The second-order valence-electron chi connectivity index (χ2n) is 9.52. The lowest BCUT2D eigenvalue weighted by Crippen LogP contribution is -2.48. The number of aromatic nitrogens is 1. The van der Waals surface area contributed by atoms with E-state index in [9.17, 15) is 23.2 Å². The number of hydrogen-bond acceptors (Lipinski definition) is 6. The van der Waals surface area contributed by atoms with Crippen molar-refractivity contribution in [1.82, 2.24) is 15.4 Å². The van der Waals surface area contributed by atoms with Gasteiger partial charge in [0.1, 0.15) is 17.7 Å². The third-order valence-electron chi connectivity index (χ3n) is 7.28. The van der Waals surface area contributed by atoms with Gasteiger partial charge in [0.25, 0.3) is 0 Å². The highest BCUT2D eigenvalue weighted by molar-refractivity contribution is 7.99. The molecule has 6 nitrogen and oxygen atoms in total. The summed E-state index contributed by atoms with van der Waals surface area (Å²) in [7, 11) is 1.51. The van der Waals surface area contributed by atoms with Crippen molar-refractivity contribution in [2.75, 3.05) is 32.5 Å². The number of hydroxylamine groups is 1. The van der Waals surface area contributed by atoms with Crippen LogP contribution in [0.2, 0.25) is 5.02 Å². The quantitative estimate of drug-likeness (QED) is 0.0932. The van der Waals surface area contributed by atoms with Gasteiger partial charge in [0.05, 0.1) is 23.1 Å². The molecular weight excluding hydrogens is 558 g/mol. The molecule has 0 radical (unpaired) electrons. The molecule has 2 N–H and O–H groups in total. The Kier molecular flexibility index (Phi) is 9.58. The number of halogens is 5. The number of amides is 1. The predicted molar refractivity (Wildman–Crippen MR) is 141 cm³/mol. The van der Waals surface area contributed by atoms with E-state index in [1.165, 1.54) is 13.3 Å². The number of hydrogen-bond donors (Lipinski definition) is 2. The van der Waals surface area contributed by atoms with E-state index in [1.54, 1.807) is 23.7 Å². The number of benzene rings is 2. The largest absolute Gasteiger partial charge is 0.497 e. The third-order valence-corrected chi connectivity index (χ3v) is 8.57. The molecular formula is C27H28ClF4N3O3S. The Bertz CT molecular complexity index is 1340. The monoisotopic (exact) mass is 585 g/mol. The van der Waals surface area contributed by atoms with Gasteiger partial charge in [-0.05, 0) is 63.0 Å². The van der Waals surface area contributed by atoms with Crippen LogP contribution in [-0.4, -0.2) is 53.5 Å². The molecule has 0 saturated carbocycles. The molecule has 1 aliphatic heterocycles. The van der Waals surface area contributed by atoms with Crippen LogP contribution in [0.5, 0.6) is 5.75 Å². The number of piperidine rings is 1. The standard InChI is InChI=1S/C27H28ClF4N3O3S/c1-38-17-2-3-22-18(14-17)24(19(28)15-33-22)20(30)4-5-27(26(36)34-37)6-8-35(9-7-27)10-11-39-23-13-16(29)12-21(31)25(23)32/h2-3,12-15,20,37H,4-11H2,1H3,(H,34,36). The summed E-state index contributed by atoms with van der Waals surface area (Å²) in [4.78, 5) is 18.9. The first kappa shape index (κ1) is 29.4. The fourth-order valence-electron chi connectivity index (χ4n) is 5.00. The zero-order valence-electron chi connectivity index (χ0n) is 21.2. The van der Waals surface area contributed by atoms with Crippen molar-refractivity contribution < 1.29 is 32.3 Å². The van der Waals surface area contributed by atoms with Gasteiger partial charge in [0.15, 0.2) is 11.6 Å². The summed E-state index contributed by atoms with van der Waals surface area (Å²) in [6, 6.07) is 6.57. The van der Waals surface area contributed by atoms with E-state index in [0.717, 1.165) is 17.8 Å². The number of nitrogens with one attached hydrogen (secondary N) is 1. The number of alkyl halides is 1. The Labute approximate surface area is 232 Å². The second-order valence-corrected chi connectivity index (χ2v) is 11.1. The molecule has 0 spiro atoms. The van der Waals surface area contributed by atoms with E-state index < -0.39 is 34.9 Å². The summed E-state index contributed by atoms with van der Waals surface area (Å²) in [5.41, 5.74) is 1.59. The number of carbonyl (C=O) groups is 1. The molecule has 1 fully saturated rings. The third kappa shape index (κ3) is 6.59. The van der Waals surface area contributed by atoms with Crippen LogP contribution in [0, 0.1) is 22.9 Å². The highest BCUT2D eigenvalue weighted by Crippen LogP contribution is 2.42. The van der Waals surface area contributed by atoms with Crippen molar-refractivity contribution in [3.8, 4) is 5.75 Å². The van der Waals surface area contributed by atoms with E-state index in [0.29, 0.717) is 60.9 Å². The highest BCUT2D eigenvalue weighted by Gasteiger charge is 2.41. The van der Waals surface area contributed by atoms with Crippen LogP contribution in [0.25, 0.3) is 10.9 Å². The molecule has 1 unspecified atom stereocenters.